The molecule has 0 spiro atoms. The van der Waals surface area contributed by atoms with Crippen LogP contribution in [0.3, 0.4) is 0 Å². The van der Waals surface area contributed by atoms with Crippen LogP contribution < -0.4 is 10.9 Å². The van der Waals surface area contributed by atoms with Crippen molar-refractivity contribution in [3.8, 4) is 11.3 Å². The van der Waals surface area contributed by atoms with Gasteiger partial charge in [-0.3, -0.25) is 30.5 Å². The Balaban J connectivity index is 1.42. The van der Waals surface area contributed by atoms with E-state index in [0.717, 1.165) is 16.5 Å². The van der Waals surface area contributed by atoms with Crippen LogP contribution in [0.2, 0.25) is 0 Å². The van der Waals surface area contributed by atoms with Gasteiger partial charge >= 0.3 is 12.3 Å². The number of fused-ring (bicyclic) bond motifs is 1. The lowest BCUT2D eigenvalue weighted by Crippen LogP contribution is -2.44. The van der Waals surface area contributed by atoms with Crippen molar-refractivity contribution < 1.29 is 18.4 Å². The summed E-state index contributed by atoms with van der Waals surface area (Å²) in [7, 11) is 0. The van der Waals surface area contributed by atoms with E-state index >= 15 is 0 Å². The highest BCUT2D eigenvalue weighted by atomic mass is 19.3. The Morgan fingerprint density at radius 1 is 1.13 bits per heavy atom. The number of rotatable bonds is 5. The van der Waals surface area contributed by atoms with Gasteiger partial charge in [-0.25, -0.2) is 4.68 Å². The maximum absolute atomic E-state index is 12.1. The molecule has 0 saturated carbocycles. The number of nitrogens with one attached hydrogen (secondary N) is 3. The van der Waals surface area contributed by atoms with Gasteiger partial charge in [0.2, 0.25) is 0 Å². The molecule has 3 heterocycles. The van der Waals surface area contributed by atoms with Gasteiger partial charge < -0.3 is 0 Å². The molecule has 0 aliphatic carbocycles. The van der Waals surface area contributed by atoms with Crippen LogP contribution in [-0.4, -0.2) is 48.4 Å². The van der Waals surface area contributed by atoms with Crippen LogP contribution in [-0.2, 0) is 11.3 Å². The summed E-state index contributed by atoms with van der Waals surface area (Å²) in [5.74, 6) is -2.36. The van der Waals surface area contributed by atoms with Crippen molar-refractivity contribution in [2.45, 2.75) is 13.0 Å². The summed E-state index contributed by atoms with van der Waals surface area (Å²) >= 11 is 0. The Morgan fingerprint density at radius 2 is 2.00 bits per heavy atom. The molecule has 0 unspecified atom stereocenters. The first kappa shape index (κ1) is 19.1. The second-order valence-corrected chi connectivity index (χ2v) is 6.22. The first-order valence-electron chi connectivity index (χ1n) is 8.67. The van der Waals surface area contributed by atoms with E-state index in [9.17, 15) is 18.4 Å². The fraction of sp³-hybridized carbons (Fsp3) is 0.111. The Hall–Kier alpha value is -4.22. The van der Waals surface area contributed by atoms with Crippen molar-refractivity contribution in [2.24, 2.45) is 0 Å². The number of alkyl halides is 2. The predicted octanol–water partition coefficient (Wildman–Crippen LogP) is 1.29. The smallest absolute Gasteiger partial charge is 0.278 e. The maximum Gasteiger partial charge on any atom is 0.317 e. The number of hydrazine groups is 1. The zero-order valence-corrected chi connectivity index (χ0v) is 15.2. The molecule has 3 aromatic heterocycles. The first-order valence-corrected chi connectivity index (χ1v) is 8.67. The zero-order chi connectivity index (χ0) is 21.1. The molecule has 0 aliphatic heterocycles. The van der Waals surface area contributed by atoms with E-state index in [1.165, 1.54) is 12.3 Å². The number of hydrogen-bond donors (Lipinski definition) is 3. The lowest BCUT2D eigenvalue weighted by molar-refractivity contribution is -0.132. The summed E-state index contributed by atoms with van der Waals surface area (Å²) in [6.45, 7) is 0.304. The quantitative estimate of drug-likeness (QED) is 0.424. The average Bonchev–Trinajstić information content (AvgIpc) is 3.41. The van der Waals surface area contributed by atoms with E-state index < -0.39 is 18.2 Å². The molecule has 10 nitrogen and oxygen atoms in total. The number of nitrogens with zero attached hydrogens (tertiary/aromatic N) is 5. The largest absolute Gasteiger partial charge is 0.317 e. The Morgan fingerprint density at radius 3 is 2.77 bits per heavy atom. The minimum atomic E-state index is -3.22. The van der Waals surface area contributed by atoms with Gasteiger partial charge in [-0.2, -0.15) is 13.9 Å². The van der Waals surface area contributed by atoms with Crippen molar-refractivity contribution in [2.75, 3.05) is 0 Å². The molecule has 0 aliphatic rings. The van der Waals surface area contributed by atoms with Crippen molar-refractivity contribution in [1.82, 2.24) is 41.0 Å². The summed E-state index contributed by atoms with van der Waals surface area (Å²) in [5.41, 5.74) is 6.65. The molecule has 3 N–H and O–H groups in total. The normalized spacial score (nSPS) is 11.0. The fourth-order valence-electron chi connectivity index (χ4n) is 2.75. The van der Waals surface area contributed by atoms with Crippen molar-refractivity contribution in [3.05, 3.63) is 60.2 Å². The average molecular weight is 412 g/mol. The minimum absolute atomic E-state index is 0.0965. The number of amides is 2. The van der Waals surface area contributed by atoms with Crippen LogP contribution in [0.15, 0.2) is 48.9 Å². The van der Waals surface area contributed by atoms with E-state index in [0.29, 0.717) is 17.9 Å². The molecule has 12 heteroatoms. The van der Waals surface area contributed by atoms with Crippen LogP contribution in [0.4, 0.5) is 8.78 Å². The van der Waals surface area contributed by atoms with Crippen molar-refractivity contribution in [1.29, 1.82) is 0 Å². The highest BCUT2D eigenvalue weighted by Gasteiger charge is 2.16. The monoisotopic (exact) mass is 412 g/mol. The molecule has 2 amide bonds. The Kier molecular flexibility index (Phi) is 5.11. The minimum Gasteiger partial charge on any atom is -0.278 e. The molecule has 0 saturated heterocycles. The lowest BCUT2D eigenvalue weighted by atomic mass is 10.1. The third-order valence-electron chi connectivity index (χ3n) is 4.21. The molecule has 1 aromatic carbocycles. The van der Waals surface area contributed by atoms with Crippen LogP contribution in [0, 0.1) is 0 Å². The standard InChI is InChI=1S/C18H14F2N8O2/c19-16(20)18(30)26-25-17(29)10-4-5-11(21-6-10)8-28-9-15(24-27-28)12-2-1-3-14-13(12)7-22-23-14/h1-7,9,16H,8H2,(H,22,23)(H,25,29)(H,26,30). The summed E-state index contributed by atoms with van der Waals surface area (Å²) in [5, 5.41) is 16.2. The van der Waals surface area contributed by atoms with Gasteiger partial charge in [-0.05, 0) is 18.2 Å². The number of aromatic nitrogens is 6. The first-order chi connectivity index (χ1) is 14.5. The summed E-state index contributed by atoms with van der Waals surface area (Å²) < 4.78 is 25.8. The van der Waals surface area contributed by atoms with Crippen molar-refractivity contribution >= 4 is 22.7 Å². The maximum atomic E-state index is 12.1. The third-order valence-corrected chi connectivity index (χ3v) is 4.21. The fourth-order valence-corrected chi connectivity index (χ4v) is 2.75. The van der Waals surface area contributed by atoms with E-state index in [2.05, 4.69) is 25.5 Å². The van der Waals surface area contributed by atoms with E-state index in [1.807, 2.05) is 23.6 Å². The van der Waals surface area contributed by atoms with Crippen molar-refractivity contribution in [3.63, 3.8) is 0 Å². The molecule has 4 aromatic rings. The summed E-state index contributed by atoms with van der Waals surface area (Å²) in [6, 6.07) is 8.77. The number of carbonyl (C=O) groups excluding carboxylic acids is 2. The number of aromatic amines is 1. The Bertz CT molecular complexity index is 1200. The number of benzene rings is 1. The number of halogens is 2. The molecule has 0 fully saturated rings. The number of carbonyl (C=O) groups is 2. The molecular weight excluding hydrogens is 398 g/mol. The highest BCUT2D eigenvalue weighted by molar-refractivity contribution is 5.95. The van der Waals surface area contributed by atoms with Crippen LogP contribution in [0.25, 0.3) is 22.2 Å². The third kappa shape index (κ3) is 3.97. The van der Waals surface area contributed by atoms with Crippen LogP contribution >= 0.6 is 0 Å². The SMILES string of the molecule is O=C(NNC(=O)C(F)F)c1ccc(Cn2cc(-c3cccc4[nH]ncc34)nn2)nc1. The summed E-state index contributed by atoms with van der Waals surface area (Å²) in [6.07, 6.45) is 1.53. The Labute approximate surface area is 167 Å². The van der Waals surface area contributed by atoms with E-state index in [-0.39, 0.29) is 5.56 Å². The van der Waals surface area contributed by atoms with E-state index in [4.69, 9.17) is 0 Å². The highest BCUT2D eigenvalue weighted by Crippen LogP contribution is 2.25. The van der Waals surface area contributed by atoms with Gasteiger partial charge in [0.05, 0.1) is 35.7 Å². The number of pyridine rings is 1. The molecule has 0 bridgehead atoms. The van der Waals surface area contributed by atoms with Gasteiger partial charge in [0.25, 0.3) is 5.91 Å². The van der Waals surface area contributed by atoms with Crippen LogP contribution in [0.5, 0.6) is 0 Å². The zero-order valence-electron chi connectivity index (χ0n) is 15.2. The van der Waals surface area contributed by atoms with Gasteiger partial charge in [0.1, 0.15) is 5.69 Å². The van der Waals surface area contributed by atoms with Gasteiger partial charge in [-0.15, -0.1) is 5.10 Å². The van der Waals surface area contributed by atoms with Gasteiger partial charge in [-0.1, -0.05) is 17.3 Å². The van der Waals surface area contributed by atoms with E-state index in [1.54, 1.807) is 28.6 Å². The molecule has 152 valence electrons. The lowest BCUT2D eigenvalue weighted by Gasteiger charge is -2.07. The molecule has 0 atom stereocenters. The number of H-pyrrole nitrogens is 1. The van der Waals surface area contributed by atoms with Gasteiger partial charge in [0.15, 0.2) is 0 Å². The molecule has 0 radical (unpaired) electrons. The molecular formula is C18H14F2N8O2. The number of hydrogen-bond acceptors (Lipinski definition) is 6. The van der Waals surface area contributed by atoms with Crippen LogP contribution in [0.1, 0.15) is 16.1 Å². The predicted molar refractivity (Wildman–Crippen MR) is 100 cm³/mol. The second-order valence-electron chi connectivity index (χ2n) is 6.22. The van der Waals surface area contributed by atoms with Gasteiger partial charge in [0, 0.05) is 17.1 Å². The molecule has 30 heavy (non-hydrogen) atoms. The topological polar surface area (TPSA) is 130 Å². The molecule has 4 rings (SSSR count). The summed E-state index contributed by atoms with van der Waals surface area (Å²) in [4.78, 5) is 26.8. The second kappa shape index (κ2) is 8.03.